The van der Waals surface area contributed by atoms with Crippen molar-refractivity contribution in [3.05, 3.63) is 41.5 Å². The Kier molecular flexibility index (Phi) is 4.83. The number of hydrogen-bond donors (Lipinski definition) is 0. The summed E-state index contributed by atoms with van der Waals surface area (Å²) in [5, 5.41) is 0. The van der Waals surface area contributed by atoms with Gasteiger partial charge in [-0.05, 0) is 18.9 Å². The van der Waals surface area contributed by atoms with E-state index in [9.17, 15) is 13.2 Å². The molecule has 4 nitrogen and oxygen atoms in total. The predicted molar refractivity (Wildman–Crippen MR) is 84.5 cm³/mol. The van der Waals surface area contributed by atoms with Gasteiger partial charge in [0.05, 0.1) is 17.4 Å². The van der Waals surface area contributed by atoms with Crippen LogP contribution in [0.2, 0.25) is 0 Å². The van der Waals surface area contributed by atoms with Gasteiger partial charge in [-0.25, -0.2) is 8.42 Å². The number of benzene rings is 1. The van der Waals surface area contributed by atoms with E-state index in [2.05, 4.69) is 0 Å². The summed E-state index contributed by atoms with van der Waals surface area (Å²) in [6, 6.07) is 9.92. The van der Waals surface area contributed by atoms with Gasteiger partial charge in [0.1, 0.15) is 0 Å². The van der Waals surface area contributed by atoms with Crippen molar-refractivity contribution in [2.75, 3.05) is 25.1 Å². The summed E-state index contributed by atoms with van der Waals surface area (Å²) in [5.74, 6) is -0.310. The van der Waals surface area contributed by atoms with Gasteiger partial charge in [0, 0.05) is 13.6 Å². The smallest absolute Gasteiger partial charge is 0.226 e. The van der Waals surface area contributed by atoms with Gasteiger partial charge in [0.15, 0.2) is 9.84 Å². The molecule has 0 spiro atoms. The summed E-state index contributed by atoms with van der Waals surface area (Å²) >= 11 is 0. The van der Waals surface area contributed by atoms with E-state index in [1.165, 1.54) is 0 Å². The summed E-state index contributed by atoms with van der Waals surface area (Å²) in [7, 11) is -1.28. The number of amides is 1. The molecule has 1 fully saturated rings. The van der Waals surface area contributed by atoms with Crippen LogP contribution in [0, 0.1) is 5.92 Å². The van der Waals surface area contributed by atoms with Crippen LogP contribution < -0.4 is 0 Å². The maximum Gasteiger partial charge on any atom is 0.226 e. The van der Waals surface area contributed by atoms with Crippen LogP contribution in [-0.2, 0) is 14.6 Å². The highest BCUT2D eigenvalue weighted by Gasteiger charge is 2.34. The summed E-state index contributed by atoms with van der Waals surface area (Å²) in [5.41, 5.74) is 2.16. The van der Waals surface area contributed by atoms with Crippen LogP contribution in [0.1, 0.15) is 18.9 Å². The van der Waals surface area contributed by atoms with Crippen LogP contribution in [0.3, 0.4) is 0 Å². The van der Waals surface area contributed by atoms with E-state index >= 15 is 0 Å². The van der Waals surface area contributed by atoms with Crippen LogP contribution >= 0.6 is 0 Å². The molecule has 21 heavy (non-hydrogen) atoms. The molecular formula is C16H21NO3S. The Morgan fingerprint density at radius 3 is 2.57 bits per heavy atom. The molecule has 1 saturated heterocycles. The highest BCUT2D eigenvalue weighted by molar-refractivity contribution is 7.91. The van der Waals surface area contributed by atoms with Crippen LogP contribution in [0.25, 0.3) is 6.08 Å². The van der Waals surface area contributed by atoms with Crippen molar-refractivity contribution in [1.82, 2.24) is 4.90 Å². The largest absolute Gasteiger partial charge is 0.341 e. The van der Waals surface area contributed by atoms with Gasteiger partial charge >= 0.3 is 0 Å². The molecule has 0 aliphatic carbocycles. The molecule has 1 aliphatic heterocycles. The fourth-order valence-electron chi connectivity index (χ4n) is 2.63. The van der Waals surface area contributed by atoms with Gasteiger partial charge in [-0.1, -0.05) is 42.0 Å². The molecule has 1 atom stereocenters. The second-order valence-corrected chi connectivity index (χ2v) is 7.92. The topological polar surface area (TPSA) is 54.5 Å². The quantitative estimate of drug-likeness (QED) is 0.855. The second kappa shape index (κ2) is 6.43. The molecule has 5 heteroatoms. The number of carbonyl (C=O) groups is 1. The summed E-state index contributed by atoms with van der Waals surface area (Å²) in [6.07, 6.45) is 2.49. The Balaban J connectivity index is 1.96. The van der Waals surface area contributed by atoms with Crippen molar-refractivity contribution >= 4 is 21.8 Å². The van der Waals surface area contributed by atoms with E-state index < -0.39 is 9.84 Å². The first-order valence-corrected chi connectivity index (χ1v) is 8.87. The van der Waals surface area contributed by atoms with Crippen molar-refractivity contribution in [1.29, 1.82) is 0 Å². The van der Waals surface area contributed by atoms with Gasteiger partial charge in [0.2, 0.25) is 5.91 Å². The first-order chi connectivity index (χ1) is 9.87. The summed E-state index contributed by atoms with van der Waals surface area (Å²) in [4.78, 5) is 13.9. The van der Waals surface area contributed by atoms with E-state index in [4.69, 9.17) is 0 Å². The molecule has 114 valence electrons. The molecule has 0 N–H and O–H groups in total. The Labute approximate surface area is 126 Å². The lowest BCUT2D eigenvalue weighted by atomic mass is 10.1. The van der Waals surface area contributed by atoms with E-state index in [0.717, 1.165) is 11.1 Å². The number of rotatable bonds is 4. The third-order valence-electron chi connectivity index (χ3n) is 3.66. The molecular weight excluding hydrogens is 286 g/mol. The number of likely N-dealkylation sites (N-methyl/N-ethyl adjacent to an activating group) is 1. The van der Waals surface area contributed by atoms with E-state index in [0.29, 0.717) is 13.0 Å². The number of hydrogen-bond acceptors (Lipinski definition) is 3. The highest BCUT2D eigenvalue weighted by atomic mass is 32.2. The Morgan fingerprint density at radius 2 is 2.00 bits per heavy atom. The van der Waals surface area contributed by atoms with Crippen molar-refractivity contribution in [3.63, 3.8) is 0 Å². The molecule has 1 unspecified atom stereocenters. The van der Waals surface area contributed by atoms with Crippen molar-refractivity contribution in [3.8, 4) is 0 Å². The highest BCUT2D eigenvalue weighted by Crippen LogP contribution is 2.20. The standard InChI is InChI=1S/C16H21NO3S/c1-13(10-14-6-4-3-5-7-14)11-17(2)16(18)15-8-9-21(19,20)12-15/h3-7,10,15H,8-9,11-12H2,1-2H3/b13-10+. The minimum atomic E-state index is -3.01. The average molecular weight is 307 g/mol. The zero-order chi connectivity index (χ0) is 15.5. The van der Waals surface area contributed by atoms with Gasteiger partial charge in [-0.2, -0.15) is 0 Å². The van der Waals surface area contributed by atoms with E-state index in [1.807, 2.05) is 43.3 Å². The number of nitrogens with zero attached hydrogens (tertiary/aromatic N) is 1. The fraction of sp³-hybridized carbons (Fsp3) is 0.438. The van der Waals surface area contributed by atoms with Gasteiger partial charge < -0.3 is 4.90 Å². The summed E-state index contributed by atoms with van der Waals surface area (Å²) in [6.45, 7) is 2.49. The minimum Gasteiger partial charge on any atom is -0.341 e. The van der Waals surface area contributed by atoms with Gasteiger partial charge in [0.25, 0.3) is 0 Å². The molecule has 1 aromatic rings. The van der Waals surface area contributed by atoms with Crippen LogP contribution in [0.15, 0.2) is 35.9 Å². The molecule has 1 heterocycles. The SMILES string of the molecule is C/C(=C\c1ccccc1)CN(C)C(=O)C1CCS(=O)(=O)C1. The number of carbonyl (C=O) groups excluding carboxylic acids is 1. The zero-order valence-electron chi connectivity index (χ0n) is 12.5. The summed E-state index contributed by atoms with van der Waals surface area (Å²) < 4.78 is 22.9. The molecule has 0 radical (unpaired) electrons. The monoisotopic (exact) mass is 307 g/mol. The molecule has 0 saturated carbocycles. The molecule has 0 bridgehead atoms. The molecule has 1 aromatic carbocycles. The molecule has 2 rings (SSSR count). The van der Waals surface area contributed by atoms with Crippen molar-refractivity contribution < 1.29 is 13.2 Å². The minimum absolute atomic E-state index is 0.00236. The van der Waals surface area contributed by atoms with E-state index in [1.54, 1.807) is 11.9 Å². The lowest BCUT2D eigenvalue weighted by Crippen LogP contribution is -2.34. The second-order valence-electron chi connectivity index (χ2n) is 5.70. The van der Waals surface area contributed by atoms with Gasteiger partial charge in [-0.15, -0.1) is 0 Å². The third-order valence-corrected chi connectivity index (χ3v) is 5.43. The number of sulfone groups is 1. The first kappa shape index (κ1) is 15.8. The molecule has 1 aliphatic rings. The van der Waals surface area contributed by atoms with Crippen LogP contribution in [0.5, 0.6) is 0 Å². The lowest BCUT2D eigenvalue weighted by Gasteiger charge is -2.20. The van der Waals surface area contributed by atoms with Gasteiger partial charge in [-0.3, -0.25) is 4.79 Å². The third kappa shape index (κ3) is 4.43. The molecule has 0 aromatic heterocycles. The van der Waals surface area contributed by atoms with Crippen LogP contribution in [0.4, 0.5) is 0 Å². The predicted octanol–water partition coefficient (Wildman–Crippen LogP) is 1.98. The Hall–Kier alpha value is -1.62. The normalized spacial score (nSPS) is 21.2. The fourth-order valence-corrected chi connectivity index (χ4v) is 4.37. The van der Waals surface area contributed by atoms with Crippen molar-refractivity contribution in [2.24, 2.45) is 5.92 Å². The van der Waals surface area contributed by atoms with E-state index in [-0.39, 0.29) is 23.3 Å². The maximum absolute atomic E-state index is 12.3. The lowest BCUT2D eigenvalue weighted by molar-refractivity contribution is -0.132. The Morgan fingerprint density at radius 1 is 1.33 bits per heavy atom. The van der Waals surface area contributed by atoms with Crippen molar-refractivity contribution in [2.45, 2.75) is 13.3 Å². The zero-order valence-corrected chi connectivity index (χ0v) is 13.3. The first-order valence-electron chi connectivity index (χ1n) is 7.05. The Bertz CT molecular complexity index is 635. The molecule has 1 amide bonds. The average Bonchev–Trinajstić information content (AvgIpc) is 2.79. The van der Waals surface area contributed by atoms with Crippen LogP contribution in [-0.4, -0.2) is 44.3 Å². The maximum atomic E-state index is 12.3.